The Hall–Kier alpha value is -1.46. The van der Waals surface area contributed by atoms with Crippen LogP contribution in [0.2, 0.25) is 0 Å². The van der Waals surface area contributed by atoms with Crippen molar-refractivity contribution in [1.82, 2.24) is 10.4 Å². The van der Waals surface area contributed by atoms with E-state index >= 15 is 0 Å². The van der Waals surface area contributed by atoms with Crippen LogP contribution in [0.1, 0.15) is 62.1 Å². The van der Waals surface area contributed by atoms with Gasteiger partial charge in [0.15, 0.2) is 0 Å². The SMILES string of the molecule is CCCCCCC(C)OCc1cccc(C(=O)NN)n1. The van der Waals surface area contributed by atoms with Crippen LogP contribution in [0.25, 0.3) is 0 Å². The maximum Gasteiger partial charge on any atom is 0.283 e. The van der Waals surface area contributed by atoms with Crippen molar-refractivity contribution in [3.63, 3.8) is 0 Å². The van der Waals surface area contributed by atoms with Crippen LogP contribution in [0.3, 0.4) is 0 Å². The monoisotopic (exact) mass is 279 g/mol. The second-order valence-corrected chi connectivity index (χ2v) is 4.96. The number of hydrogen-bond donors (Lipinski definition) is 2. The molecule has 5 heteroatoms. The zero-order valence-corrected chi connectivity index (χ0v) is 12.4. The molecule has 112 valence electrons. The standard InChI is InChI=1S/C15H25N3O2/c1-3-4-5-6-8-12(2)20-11-13-9-7-10-14(17-13)15(19)18-16/h7,9-10,12H,3-6,8,11,16H2,1-2H3,(H,18,19). The third-order valence-electron chi connectivity index (χ3n) is 3.15. The van der Waals surface area contributed by atoms with Gasteiger partial charge in [-0.2, -0.15) is 0 Å². The van der Waals surface area contributed by atoms with E-state index in [2.05, 4.69) is 24.3 Å². The Morgan fingerprint density at radius 2 is 2.20 bits per heavy atom. The molecule has 0 bridgehead atoms. The highest BCUT2D eigenvalue weighted by molar-refractivity contribution is 5.91. The fraction of sp³-hybridized carbons (Fsp3) is 0.600. The minimum atomic E-state index is -0.389. The molecule has 0 fully saturated rings. The number of nitrogen functional groups attached to an aromatic ring is 1. The molecule has 1 unspecified atom stereocenters. The molecule has 1 rings (SSSR count). The van der Waals surface area contributed by atoms with Gasteiger partial charge in [-0.1, -0.05) is 38.7 Å². The van der Waals surface area contributed by atoms with E-state index in [-0.39, 0.29) is 12.0 Å². The quantitative estimate of drug-likeness (QED) is 0.315. The topological polar surface area (TPSA) is 77.2 Å². The molecule has 0 aromatic carbocycles. The molecule has 0 spiro atoms. The highest BCUT2D eigenvalue weighted by Gasteiger charge is 2.07. The molecule has 0 saturated carbocycles. The lowest BCUT2D eigenvalue weighted by atomic mass is 10.1. The zero-order valence-electron chi connectivity index (χ0n) is 12.4. The van der Waals surface area contributed by atoms with Gasteiger partial charge >= 0.3 is 0 Å². The average molecular weight is 279 g/mol. The van der Waals surface area contributed by atoms with Crippen molar-refractivity contribution in [2.75, 3.05) is 0 Å². The third-order valence-corrected chi connectivity index (χ3v) is 3.15. The Balaban J connectivity index is 2.35. The van der Waals surface area contributed by atoms with Gasteiger partial charge in [-0.3, -0.25) is 10.2 Å². The van der Waals surface area contributed by atoms with Crippen molar-refractivity contribution in [2.24, 2.45) is 5.84 Å². The summed E-state index contributed by atoms with van der Waals surface area (Å²) >= 11 is 0. The summed E-state index contributed by atoms with van der Waals surface area (Å²) in [5.41, 5.74) is 3.12. The summed E-state index contributed by atoms with van der Waals surface area (Å²) in [6.07, 6.45) is 6.25. The molecule has 1 aromatic heterocycles. The summed E-state index contributed by atoms with van der Waals surface area (Å²) in [4.78, 5) is 15.6. The molecule has 1 aromatic rings. The third kappa shape index (κ3) is 6.12. The predicted molar refractivity (Wildman–Crippen MR) is 78.9 cm³/mol. The first-order valence-corrected chi connectivity index (χ1v) is 7.25. The number of hydrazine groups is 1. The first-order valence-electron chi connectivity index (χ1n) is 7.25. The Bertz CT molecular complexity index is 410. The van der Waals surface area contributed by atoms with Gasteiger partial charge in [-0.25, -0.2) is 10.8 Å². The highest BCUT2D eigenvalue weighted by Crippen LogP contribution is 2.10. The van der Waals surface area contributed by atoms with Crippen LogP contribution >= 0.6 is 0 Å². The molecular weight excluding hydrogens is 254 g/mol. The summed E-state index contributed by atoms with van der Waals surface area (Å²) < 4.78 is 5.75. The fourth-order valence-electron chi connectivity index (χ4n) is 1.93. The molecule has 0 aliphatic carbocycles. The number of hydrogen-bond acceptors (Lipinski definition) is 4. The van der Waals surface area contributed by atoms with Crippen LogP contribution in [0, 0.1) is 0 Å². The van der Waals surface area contributed by atoms with E-state index in [0.29, 0.717) is 12.3 Å². The van der Waals surface area contributed by atoms with Gasteiger partial charge in [-0.05, 0) is 25.5 Å². The lowest BCUT2D eigenvalue weighted by Gasteiger charge is -2.12. The maximum absolute atomic E-state index is 11.4. The average Bonchev–Trinajstić information content (AvgIpc) is 2.49. The van der Waals surface area contributed by atoms with Gasteiger partial charge < -0.3 is 4.74 Å². The van der Waals surface area contributed by atoms with Crippen LogP contribution in [0.5, 0.6) is 0 Å². The Labute approximate surface area is 120 Å². The number of carbonyl (C=O) groups is 1. The number of amides is 1. The van der Waals surface area contributed by atoms with Gasteiger partial charge in [0.1, 0.15) is 5.69 Å². The Kier molecular flexibility index (Phi) is 7.84. The Morgan fingerprint density at radius 3 is 2.90 bits per heavy atom. The number of nitrogens with zero attached hydrogens (tertiary/aromatic N) is 1. The molecule has 1 atom stereocenters. The van der Waals surface area contributed by atoms with Crippen molar-refractivity contribution in [2.45, 2.75) is 58.7 Å². The number of nitrogens with two attached hydrogens (primary N) is 1. The number of ether oxygens (including phenoxy) is 1. The second kappa shape index (κ2) is 9.44. The molecule has 1 heterocycles. The van der Waals surface area contributed by atoms with Gasteiger partial charge in [0.2, 0.25) is 0 Å². The summed E-state index contributed by atoms with van der Waals surface area (Å²) in [6, 6.07) is 5.25. The smallest absolute Gasteiger partial charge is 0.283 e. The minimum absolute atomic E-state index is 0.209. The van der Waals surface area contributed by atoms with E-state index in [0.717, 1.165) is 12.1 Å². The van der Waals surface area contributed by atoms with Gasteiger partial charge in [0, 0.05) is 0 Å². The predicted octanol–water partition coefficient (Wildman–Crippen LogP) is 2.56. The van der Waals surface area contributed by atoms with E-state index < -0.39 is 0 Å². The fourth-order valence-corrected chi connectivity index (χ4v) is 1.93. The lowest BCUT2D eigenvalue weighted by Crippen LogP contribution is -2.30. The van der Waals surface area contributed by atoms with Gasteiger partial charge in [0.05, 0.1) is 18.4 Å². The largest absolute Gasteiger partial charge is 0.372 e. The molecule has 0 aliphatic heterocycles. The molecule has 0 radical (unpaired) electrons. The number of unbranched alkanes of at least 4 members (excludes halogenated alkanes) is 3. The van der Waals surface area contributed by atoms with E-state index in [1.54, 1.807) is 12.1 Å². The summed E-state index contributed by atoms with van der Waals surface area (Å²) in [5.74, 6) is 4.70. The van der Waals surface area contributed by atoms with E-state index in [1.165, 1.54) is 25.7 Å². The summed E-state index contributed by atoms with van der Waals surface area (Å²) in [6.45, 7) is 4.69. The van der Waals surface area contributed by atoms with Crippen molar-refractivity contribution in [1.29, 1.82) is 0 Å². The number of rotatable bonds is 9. The molecule has 0 aliphatic rings. The summed E-state index contributed by atoms with van der Waals surface area (Å²) in [5, 5.41) is 0. The zero-order chi connectivity index (χ0) is 14.8. The van der Waals surface area contributed by atoms with Crippen molar-refractivity contribution in [3.8, 4) is 0 Å². The first-order chi connectivity index (χ1) is 9.67. The number of nitrogens with one attached hydrogen (secondary N) is 1. The molecule has 1 amide bonds. The molecular formula is C15H25N3O2. The molecule has 0 saturated heterocycles. The van der Waals surface area contributed by atoms with Crippen molar-refractivity contribution < 1.29 is 9.53 Å². The molecule has 3 N–H and O–H groups in total. The van der Waals surface area contributed by atoms with Crippen LogP contribution < -0.4 is 11.3 Å². The second-order valence-electron chi connectivity index (χ2n) is 4.96. The van der Waals surface area contributed by atoms with Crippen molar-refractivity contribution in [3.05, 3.63) is 29.6 Å². The summed E-state index contributed by atoms with van der Waals surface area (Å²) in [7, 11) is 0. The van der Waals surface area contributed by atoms with Crippen LogP contribution in [0.15, 0.2) is 18.2 Å². The minimum Gasteiger partial charge on any atom is -0.372 e. The van der Waals surface area contributed by atoms with E-state index in [4.69, 9.17) is 10.6 Å². The van der Waals surface area contributed by atoms with Crippen LogP contribution in [-0.2, 0) is 11.3 Å². The Morgan fingerprint density at radius 1 is 1.40 bits per heavy atom. The highest BCUT2D eigenvalue weighted by atomic mass is 16.5. The van der Waals surface area contributed by atoms with Crippen LogP contribution in [0.4, 0.5) is 0 Å². The van der Waals surface area contributed by atoms with E-state index in [1.807, 2.05) is 6.07 Å². The van der Waals surface area contributed by atoms with Gasteiger partial charge in [0.25, 0.3) is 5.91 Å². The van der Waals surface area contributed by atoms with Crippen molar-refractivity contribution >= 4 is 5.91 Å². The normalized spacial score (nSPS) is 12.2. The lowest BCUT2D eigenvalue weighted by molar-refractivity contribution is 0.0439. The number of aromatic nitrogens is 1. The maximum atomic E-state index is 11.4. The number of pyridine rings is 1. The van der Waals surface area contributed by atoms with E-state index in [9.17, 15) is 4.79 Å². The molecule has 5 nitrogen and oxygen atoms in total. The number of carbonyl (C=O) groups excluding carboxylic acids is 1. The van der Waals surface area contributed by atoms with Gasteiger partial charge in [-0.15, -0.1) is 0 Å². The molecule has 20 heavy (non-hydrogen) atoms. The van der Waals surface area contributed by atoms with Crippen LogP contribution in [-0.4, -0.2) is 17.0 Å². The first kappa shape index (κ1) is 16.6.